The van der Waals surface area contributed by atoms with Crippen molar-refractivity contribution in [3.05, 3.63) is 16.3 Å². The minimum atomic E-state index is -0.0487. The average molecular weight is 182 g/mol. The maximum absolute atomic E-state index is 11.5. The first kappa shape index (κ1) is 8.50. The molecule has 2 rings (SSSR count). The molecule has 0 atom stereocenters. The van der Waals surface area contributed by atoms with E-state index < -0.39 is 0 Å². The zero-order valence-electron chi connectivity index (χ0n) is 7.73. The molecule has 0 spiro atoms. The van der Waals surface area contributed by atoms with Crippen molar-refractivity contribution in [2.75, 3.05) is 6.54 Å². The van der Waals surface area contributed by atoms with E-state index in [1.807, 2.05) is 0 Å². The van der Waals surface area contributed by atoms with E-state index in [1.165, 1.54) is 4.68 Å². The van der Waals surface area contributed by atoms with E-state index in [9.17, 15) is 4.79 Å². The van der Waals surface area contributed by atoms with Gasteiger partial charge in [-0.1, -0.05) is 0 Å². The van der Waals surface area contributed by atoms with E-state index in [0.29, 0.717) is 19.0 Å². The van der Waals surface area contributed by atoms with Crippen LogP contribution in [0.5, 0.6) is 0 Å². The van der Waals surface area contributed by atoms with E-state index in [4.69, 9.17) is 5.73 Å². The molecule has 1 heterocycles. The Kier molecular flexibility index (Phi) is 1.95. The van der Waals surface area contributed by atoms with Gasteiger partial charge in [-0.2, -0.15) is 5.10 Å². The van der Waals surface area contributed by atoms with Crippen LogP contribution in [0, 0.1) is 0 Å². The third kappa shape index (κ3) is 1.39. The van der Waals surface area contributed by atoms with E-state index in [1.54, 1.807) is 11.6 Å². The summed E-state index contributed by atoms with van der Waals surface area (Å²) < 4.78 is 3.08. The zero-order chi connectivity index (χ0) is 9.42. The van der Waals surface area contributed by atoms with Crippen LogP contribution in [-0.2, 0) is 13.6 Å². The lowest BCUT2D eigenvalue weighted by atomic mass is 10.4. The first-order chi connectivity index (χ1) is 6.24. The summed E-state index contributed by atoms with van der Waals surface area (Å²) >= 11 is 0. The van der Waals surface area contributed by atoms with Crippen LogP contribution in [0.4, 0.5) is 0 Å². The van der Waals surface area contributed by atoms with Gasteiger partial charge in [-0.15, -0.1) is 0 Å². The molecule has 5 nitrogen and oxygen atoms in total. The van der Waals surface area contributed by atoms with Crippen molar-refractivity contribution in [3.8, 4) is 0 Å². The summed E-state index contributed by atoms with van der Waals surface area (Å²) in [5.74, 6) is 1.43. The number of hydrogen-bond acceptors (Lipinski definition) is 3. The molecule has 2 N–H and O–H groups in total. The fourth-order valence-electron chi connectivity index (χ4n) is 1.47. The minimum absolute atomic E-state index is 0.0487. The van der Waals surface area contributed by atoms with Crippen molar-refractivity contribution in [2.24, 2.45) is 12.8 Å². The number of nitrogens with two attached hydrogens (primary N) is 1. The molecule has 72 valence electrons. The van der Waals surface area contributed by atoms with Crippen molar-refractivity contribution in [3.63, 3.8) is 0 Å². The molecule has 1 fully saturated rings. The van der Waals surface area contributed by atoms with Gasteiger partial charge < -0.3 is 5.73 Å². The monoisotopic (exact) mass is 182 g/mol. The Balaban J connectivity index is 2.37. The highest BCUT2D eigenvalue weighted by molar-refractivity contribution is 5.04. The molecule has 1 aliphatic rings. The maximum atomic E-state index is 11.5. The van der Waals surface area contributed by atoms with Gasteiger partial charge >= 0.3 is 5.69 Å². The van der Waals surface area contributed by atoms with Gasteiger partial charge in [-0.25, -0.2) is 9.48 Å². The Labute approximate surface area is 76.2 Å². The molecule has 0 aliphatic heterocycles. The van der Waals surface area contributed by atoms with Crippen LogP contribution in [0.15, 0.2) is 4.79 Å². The predicted octanol–water partition coefficient (Wildman–Crippen LogP) is -0.582. The Morgan fingerprint density at radius 1 is 1.62 bits per heavy atom. The Hall–Kier alpha value is -1.10. The summed E-state index contributed by atoms with van der Waals surface area (Å²) in [5.41, 5.74) is 5.32. The van der Waals surface area contributed by atoms with Gasteiger partial charge in [0.1, 0.15) is 5.82 Å². The van der Waals surface area contributed by atoms with Crippen LogP contribution in [0.2, 0.25) is 0 Å². The lowest BCUT2D eigenvalue weighted by Gasteiger charge is -1.92. The van der Waals surface area contributed by atoms with Crippen LogP contribution in [0.25, 0.3) is 0 Å². The van der Waals surface area contributed by atoms with Gasteiger partial charge in [-0.3, -0.25) is 4.57 Å². The second-order valence-electron chi connectivity index (χ2n) is 3.49. The van der Waals surface area contributed by atoms with Gasteiger partial charge in [0, 0.05) is 19.5 Å². The smallest absolute Gasteiger partial charge is 0.329 e. The molecule has 0 bridgehead atoms. The molecule has 1 aromatic rings. The van der Waals surface area contributed by atoms with Crippen molar-refractivity contribution >= 4 is 0 Å². The highest BCUT2D eigenvalue weighted by atomic mass is 16.2. The van der Waals surface area contributed by atoms with E-state index in [0.717, 1.165) is 18.7 Å². The summed E-state index contributed by atoms with van der Waals surface area (Å²) in [6.45, 7) is 0.973. The first-order valence-electron chi connectivity index (χ1n) is 4.58. The molecule has 0 saturated heterocycles. The first-order valence-corrected chi connectivity index (χ1v) is 4.58. The molecular formula is C8H14N4O. The van der Waals surface area contributed by atoms with Gasteiger partial charge in [0.25, 0.3) is 0 Å². The molecule has 1 aromatic heterocycles. The molecule has 1 saturated carbocycles. The zero-order valence-corrected chi connectivity index (χ0v) is 7.73. The Morgan fingerprint density at radius 3 is 2.85 bits per heavy atom. The predicted molar refractivity (Wildman–Crippen MR) is 48.5 cm³/mol. The average Bonchev–Trinajstić information content (AvgIpc) is 2.89. The molecular weight excluding hydrogens is 168 g/mol. The summed E-state index contributed by atoms with van der Waals surface area (Å²) in [5, 5.41) is 4.25. The van der Waals surface area contributed by atoms with Crippen LogP contribution in [0.1, 0.15) is 24.6 Å². The second kappa shape index (κ2) is 2.99. The molecule has 0 aromatic carbocycles. The number of nitrogens with zero attached hydrogens (tertiary/aromatic N) is 3. The minimum Gasteiger partial charge on any atom is -0.329 e. The van der Waals surface area contributed by atoms with Gasteiger partial charge in [0.2, 0.25) is 0 Å². The molecule has 0 unspecified atom stereocenters. The quantitative estimate of drug-likeness (QED) is 0.680. The highest BCUT2D eigenvalue weighted by Gasteiger charge is 2.29. The Bertz CT molecular complexity index is 361. The van der Waals surface area contributed by atoms with Crippen molar-refractivity contribution in [1.82, 2.24) is 14.3 Å². The summed E-state index contributed by atoms with van der Waals surface area (Å²) in [4.78, 5) is 11.5. The summed E-state index contributed by atoms with van der Waals surface area (Å²) in [6, 6.07) is 0. The topological polar surface area (TPSA) is 65.8 Å². The van der Waals surface area contributed by atoms with Crippen molar-refractivity contribution in [1.29, 1.82) is 0 Å². The molecule has 5 heteroatoms. The number of hydrogen-bond donors (Lipinski definition) is 1. The fourth-order valence-corrected chi connectivity index (χ4v) is 1.47. The summed E-state index contributed by atoms with van der Waals surface area (Å²) in [7, 11) is 1.77. The van der Waals surface area contributed by atoms with E-state index in [-0.39, 0.29) is 5.69 Å². The van der Waals surface area contributed by atoms with Crippen molar-refractivity contribution < 1.29 is 0 Å². The highest BCUT2D eigenvalue weighted by Crippen LogP contribution is 2.38. The largest absolute Gasteiger partial charge is 0.345 e. The van der Waals surface area contributed by atoms with Crippen LogP contribution >= 0.6 is 0 Å². The summed E-state index contributed by atoms with van der Waals surface area (Å²) in [6.07, 6.45) is 2.32. The normalized spacial score (nSPS) is 16.5. The van der Waals surface area contributed by atoms with Gasteiger partial charge in [0.05, 0.1) is 6.54 Å². The fraction of sp³-hybridized carbons (Fsp3) is 0.750. The molecule has 0 amide bonds. The van der Waals surface area contributed by atoms with Gasteiger partial charge in [0.15, 0.2) is 0 Å². The van der Waals surface area contributed by atoms with E-state index >= 15 is 0 Å². The van der Waals surface area contributed by atoms with Crippen LogP contribution < -0.4 is 11.4 Å². The Morgan fingerprint density at radius 2 is 2.31 bits per heavy atom. The van der Waals surface area contributed by atoms with Gasteiger partial charge in [-0.05, 0) is 12.8 Å². The lowest BCUT2D eigenvalue weighted by Crippen LogP contribution is -2.26. The molecule has 0 radical (unpaired) electrons. The second-order valence-corrected chi connectivity index (χ2v) is 3.49. The SMILES string of the molecule is Cn1c(C2CC2)nn(CCN)c1=O. The number of rotatable bonds is 3. The van der Waals surface area contributed by atoms with Crippen LogP contribution in [0.3, 0.4) is 0 Å². The number of aromatic nitrogens is 3. The van der Waals surface area contributed by atoms with E-state index in [2.05, 4.69) is 5.10 Å². The molecule has 13 heavy (non-hydrogen) atoms. The molecule has 1 aliphatic carbocycles. The third-order valence-corrected chi connectivity index (χ3v) is 2.36. The van der Waals surface area contributed by atoms with Crippen molar-refractivity contribution in [2.45, 2.75) is 25.3 Å². The maximum Gasteiger partial charge on any atom is 0.345 e. The standard InChI is InChI=1S/C8H14N4O/c1-11-7(6-2-3-6)10-12(5-4-9)8(11)13/h6H,2-5,9H2,1H3. The van der Waals surface area contributed by atoms with Crippen LogP contribution in [-0.4, -0.2) is 20.9 Å². The lowest BCUT2D eigenvalue weighted by molar-refractivity contribution is 0.592. The third-order valence-electron chi connectivity index (χ3n) is 2.36.